The standard InChI is InChI=1S/C15H10F5NO2/c16-14(17)23-12-6-4-9(5-7-12)13(22)21-11-3-1-2-10(8-11)15(18,19)20/h1-8,14H,(H,21,22). The second-order valence-electron chi connectivity index (χ2n) is 4.44. The number of nitrogens with one attached hydrogen (secondary N) is 1. The summed E-state index contributed by atoms with van der Waals surface area (Å²) in [4.78, 5) is 11.9. The van der Waals surface area contributed by atoms with Gasteiger partial charge in [0.15, 0.2) is 0 Å². The lowest BCUT2D eigenvalue weighted by atomic mass is 10.1. The van der Waals surface area contributed by atoms with Crippen molar-refractivity contribution in [1.82, 2.24) is 0 Å². The first-order chi connectivity index (χ1) is 10.8. The zero-order valence-corrected chi connectivity index (χ0v) is 11.4. The minimum atomic E-state index is -4.52. The van der Waals surface area contributed by atoms with E-state index in [9.17, 15) is 26.7 Å². The first kappa shape index (κ1) is 16.7. The minimum absolute atomic E-state index is 0.0299. The van der Waals surface area contributed by atoms with E-state index in [1.54, 1.807) is 0 Å². The summed E-state index contributed by atoms with van der Waals surface area (Å²) in [6.45, 7) is -2.99. The fourth-order valence-electron chi connectivity index (χ4n) is 1.76. The van der Waals surface area contributed by atoms with Gasteiger partial charge in [-0.1, -0.05) is 6.07 Å². The van der Waals surface area contributed by atoms with Crippen LogP contribution >= 0.6 is 0 Å². The van der Waals surface area contributed by atoms with E-state index in [1.165, 1.54) is 18.2 Å². The van der Waals surface area contributed by atoms with Gasteiger partial charge in [-0.2, -0.15) is 22.0 Å². The van der Waals surface area contributed by atoms with E-state index in [1.807, 2.05) is 0 Å². The van der Waals surface area contributed by atoms with Crippen LogP contribution in [-0.4, -0.2) is 12.5 Å². The van der Waals surface area contributed by atoms with E-state index < -0.39 is 24.3 Å². The van der Waals surface area contributed by atoms with Crippen molar-refractivity contribution in [3.8, 4) is 5.75 Å². The molecule has 0 aliphatic heterocycles. The lowest BCUT2D eigenvalue weighted by Gasteiger charge is -2.10. The number of carbonyl (C=O) groups is 1. The summed E-state index contributed by atoms with van der Waals surface area (Å²) in [5.74, 6) is -0.802. The van der Waals surface area contributed by atoms with E-state index in [4.69, 9.17) is 0 Å². The van der Waals surface area contributed by atoms with Crippen molar-refractivity contribution in [3.05, 3.63) is 59.7 Å². The van der Waals surface area contributed by atoms with Gasteiger partial charge in [0.25, 0.3) is 5.91 Å². The Bertz CT molecular complexity index is 683. The van der Waals surface area contributed by atoms with Crippen LogP contribution < -0.4 is 10.1 Å². The van der Waals surface area contributed by atoms with Gasteiger partial charge >= 0.3 is 12.8 Å². The molecule has 23 heavy (non-hydrogen) atoms. The minimum Gasteiger partial charge on any atom is -0.435 e. The summed E-state index contributed by atoms with van der Waals surface area (Å²) in [7, 11) is 0. The van der Waals surface area contributed by atoms with Crippen LogP contribution in [0.25, 0.3) is 0 Å². The molecule has 2 rings (SSSR count). The van der Waals surface area contributed by atoms with Crippen LogP contribution in [0.4, 0.5) is 27.6 Å². The molecule has 0 aliphatic carbocycles. The fourth-order valence-corrected chi connectivity index (χ4v) is 1.76. The quantitative estimate of drug-likeness (QED) is 0.834. The molecule has 0 radical (unpaired) electrons. The van der Waals surface area contributed by atoms with Crippen molar-refractivity contribution in [2.45, 2.75) is 12.8 Å². The molecule has 0 atom stereocenters. The Hall–Kier alpha value is -2.64. The molecular formula is C15H10F5NO2. The van der Waals surface area contributed by atoms with Crippen molar-refractivity contribution in [2.24, 2.45) is 0 Å². The third-order valence-corrected chi connectivity index (χ3v) is 2.79. The molecule has 0 fully saturated rings. The molecule has 122 valence electrons. The van der Waals surface area contributed by atoms with E-state index in [2.05, 4.69) is 10.1 Å². The smallest absolute Gasteiger partial charge is 0.416 e. The summed E-state index contributed by atoms with van der Waals surface area (Å²) in [6, 6.07) is 8.92. The van der Waals surface area contributed by atoms with Crippen molar-refractivity contribution in [3.63, 3.8) is 0 Å². The maximum Gasteiger partial charge on any atom is 0.416 e. The van der Waals surface area contributed by atoms with Crippen LogP contribution in [0.15, 0.2) is 48.5 Å². The van der Waals surface area contributed by atoms with Crippen molar-refractivity contribution >= 4 is 11.6 Å². The molecule has 0 saturated carbocycles. The number of hydrogen-bond acceptors (Lipinski definition) is 2. The average molecular weight is 331 g/mol. The highest BCUT2D eigenvalue weighted by Crippen LogP contribution is 2.30. The highest BCUT2D eigenvalue weighted by Gasteiger charge is 2.30. The van der Waals surface area contributed by atoms with E-state index in [0.717, 1.165) is 30.3 Å². The predicted octanol–water partition coefficient (Wildman–Crippen LogP) is 4.56. The molecule has 0 spiro atoms. The van der Waals surface area contributed by atoms with Crippen LogP contribution in [0.1, 0.15) is 15.9 Å². The second kappa shape index (κ2) is 6.64. The average Bonchev–Trinajstić information content (AvgIpc) is 2.46. The lowest BCUT2D eigenvalue weighted by molar-refractivity contribution is -0.137. The van der Waals surface area contributed by atoms with Gasteiger partial charge in [0.1, 0.15) is 5.75 Å². The van der Waals surface area contributed by atoms with Gasteiger partial charge in [0, 0.05) is 11.3 Å². The Labute approximate surface area is 127 Å². The third kappa shape index (κ3) is 4.67. The Morgan fingerprint density at radius 2 is 1.70 bits per heavy atom. The molecular weight excluding hydrogens is 321 g/mol. The third-order valence-electron chi connectivity index (χ3n) is 2.79. The lowest BCUT2D eigenvalue weighted by Crippen LogP contribution is -2.13. The number of benzene rings is 2. The SMILES string of the molecule is O=C(Nc1cccc(C(F)(F)F)c1)c1ccc(OC(F)F)cc1. The Morgan fingerprint density at radius 1 is 1.04 bits per heavy atom. The molecule has 0 aliphatic rings. The van der Waals surface area contributed by atoms with Gasteiger partial charge in [-0.05, 0) is 42.5 Å². The molecule has 2 aromatic carbocycles. The molecule has 0 heterocycles. The summed E-state index contributed by atoms with van der Waals surface area (Å²) in [5, 5.41) is 2.30. The summed E-state index contributed by atoms with van der Waals surface area (Å²) >= 11 is 0. The van der Waals surface area contributed by atoms with Gasteiger partial charge in [0.05, 0.1) is 5.56 Å². The van der Waals surface area contributed by atoms with Crippen LogP contribution in [0.3, 0.4) is 0 Å². The molecule has 0 saturated heterocycles. The number of alkyl halides is 5. The van der Waals surface area contributed by atoms with E-state index >= 15 is 0 Å². The van der Waals surface area contributed by atoms with Gasteiger partial charge in [-0.25, -0.2) is 0 Å². The molecule has 0 bridgehead atoms. The summed E-state index contributed by atoms with van der Waals surface area (Å²) in [5.41, 5.74) is -0.835. The summed E-state index contributed by atoms with van der Waals surface area (Å²) < 4.78 is 65.9. The number of ether oxygens (including phenoxy) is 1. The molecule has 3 nitrogen and oxygen atoms in total. The highest BCUT2D eigenvalue weighted by atomic mass is 19.4. The predicted molar refractivity (Wildman–Crippen MR) is 72.5 cm³/mol. The number of carbonyl (C=O) groups excluding carboxylic acids is 1. The van der Waals surface area contributed by atoms with E-state index in [-0.39, 0.29) is 17.0 Å². The van der Waals surface area contributed by atoms with Crippen LogP contribution in [-0.2, 0) is 6.18 Å². The van der Waals surface area contributed by atoms with Crippen LogP contribution in [0.5, 0.6) is 5.75 Å². The van der Waals surface area contributed by atoms with Crippen LogP contribution in [0, 0.1) is 0 Å². The molecule has 1 N–H and O–H groups in total. The highest BCUT2D eigenvalue weighted by molar-refractivity contribution is 6.04. The largest absolute Gasteiger partial charge is 0.435 e. The molecule has 8 heteroatoms. The second-order valence-corrected chi connectivity index (χ2v) is 4.44. The van der Waals surface area contributed by atoms with Crippen molar-refractivity contribution in [2.75, 3.05) is 5.32 Å². The van der Waals surface area contributed by atoms with Gasteiger partial charge < -0.3 is 10.1 Å². The maximum absolute atomic E-state index is 12.6. The van der Waals surface area contributed by atoms with Crippen molar-refractivity contribution in [1.29, 1.82) is 0 Å². The zero-order chi connectivity index (χ0) is 17.0. The Balaban J connectivity index is 2.10. The Kier molecular flexibility index (Phi) is 4.83. The molecule has 2 aromatic rings. The molecule has 0 aromatic heterocycles. The molecule has 0 unspecified atom stereocenters. The number of anilines is 1. The Morgan fingerprint density at radius 3 is 2.26 bits per heavy atom. The first-order valence-electron chi connectivity index (χ1n) is 6.29. The molecule has 1 amide bonds. The van der Waals surface area contributed by atoms with E-state index in [0.29, 0.717) is 0 Å². The normalized spacial score (nSPS) is 11.4. The number of rotatable bonds is 4. The van der Waals surface area contributed by atoms with Gasteiger partial charge in [-0.3, -0.25) is 4.79 Å². The number of hydrogen-bond donors (Lipinski definition) is 1. The zero-order valence-electron chi connectivity index (χ0n) is 11.4. The summed E-state index contributed by atoms with van der Waals surface area (Å²) in [6.07, 6.45) is -4.52. The van der Waals surface area contributed by atoms with Gasteiger partial charge in [0.2, 0.25) is 0 Å². The van der Waals surface area contributed by atoms with Crippen molar-refractivity contribution < 1.29 is 31.5 Å². The number of halogens is 5. The first-order valence-corrected chi connectivity index (χ1v) is 6.29. The number of amides is 1. The van der Waals surface area contributed by atoms with Crippen LogP contribution in [0.2, 0.25) is 0 Å². The maximum atomic E-state index is 12.6. The fraction of sp³-hybridized carbons (Fsp3) is 0.133. The monoisotopic (exact) mass is 331 g/mol. The van der Waals surface area contributed by atoms with Gasteiger partial charge in [-0.15, -0.1) is 0 Å². The topological polar surface area (TPSA) is 38.3 Å².